The van der Waals surface area contributed by atoms with Gasteiger partial charge in [0.05, 0.1) is 12.9 Å². The molecule has 1 aromatic rings. The van der Waals surface area contributed by atoms with E-state index in [-0.39, 0.29) is 0 Å². The van der Waals surface area contributed by atoms with Crippen molar-refractivity contribution in [3.63, 3.8) is 0 Å². The van der Waals surface area contributed by atoms with Crippen LogP contribution >= 0.6 is 11.8 Å². The summed E-state index contributed by atoms with van der Waals surface area (Å²) in [5.41, 5.74) is 1.24. The van der Waals surface area contributed by atoms with E-state index in [4.69, 9.17) is 10.1 Å². The summed E-state index contributed by atoms with van der Waals surface area (Å²) in [4.78, 5) is 1.18. The standard InChI is InChI=1S/C10H13NOS/c1-8-4-3-5-9(6-8)13-7-10(11)12-2/h3-6,11H,7H2,1-2H3. The van der Waals surface area contributed by atoms with Crippen LogP contribution in [0.3, 0.4) is 0 Å². The third kappa shape index (κ3) is 3.51. The molecule has 0 aliphatic carbocycles. The predicted octanol–water partition coefficient (Wildman–Crippen LogP) is 2.71. The Morgan fingerprint density at radius 1 is 1.54 bits per heavy atom. The molecule has 70 valence electrons. The number of rotatable bonds is 3. The van der Waals surface area contributed by atoms with Crippen LogP contribution in [0.1, 0.15) is 5.56 Å². The minimum absolute atomic E-state index is 0.312. The van der Waals surface area contributed by atoms with Crippen LogP contribution in [0.2, 0.25) is 0 Å². The van der Waals surface area contributed by atoms with E-state index in [1.807, 2.05) is 12.1 Å². The summed E-state index contributed by atoms with van der Waals surface area (Å²) >= 11 is 1.62. The Kier molecular flexibility index (Phi) is 3.83. The zero-order valence-electron chi connectivity index (χ0n) is 7.83. The summed E-state index contributed by atoms with van der Waals surface area (Å²) in [6.45, 7) is 2.06. The molecule has 3 heteroatoms. The van der Waals surface area contributed by atoms with Crippen LogP contribution in [0.5, 0.6) is 0 Å². The summed E-state index contributed by atoms with van der Waals surface area (Å²) in [5, 5.41) is 7.30. The van der Waals surface area contributed by atoms with Gasteiger partial charge in [-0.05, 0) is 19.1 Å². The molecule has 0 saturated heterocycles. The number of benzene rings is 1. The van der Waals surface area contributed by atoms with Gasteiger partial charge in [0.25, 0.3) is 0 Å². The molecular weight excluding hydrogens is 182 g/mol. The maximum atomic E-state index is 7.30. The first-order chi connectivity index (χ1) is 6.22. The lowest BCUT2D eigenvalue weighted by molar-refractivity contribution is 0.397. The highest BCUT2D eigenvalue weighted by atomic mass is 32.2. The molecule has 0 aliphatic rings. The molecule has 0 aliphatic heterocycles. The van der Waals surface area contributed by atoms with Gasteiger partial charge in [-0.1, -0.05) is 17.7 Å². The van der Waals surface area contributed by atoms with Crippen LogP contribution < -0.4 is 0 Å². The molecule has 13 heavy (non-hydrogen) atoms. The third-order valence-corrected chi connectivity index (χ3v) is 2.60. The van der Waals surface area contributed by atoms with Crippen molar-refractivity contribution in [2.75, 3.05) is 12.9 Å². The topological polar surface area (TPSA) is 33.1 Å². The number of ether oxygens (including phenoxy) is 1. The number of hydrogen-bond donors (Lipinski definition) is 1. The van der Waals surface area contributed by atoms with E-state index in [0.29, 0.717) is 11.7 Å². The zero-order chi connectivity index (χ0) is 9.68. The minimum atomic E-state index is 0.312. The zero-order valence-corrected chi connectivity index (χ0v) is 8.65. The largest absolute Gasteiger partial charge is 0.484 e. The van der Waals surface area contributed by atoms with Crippen molar-refractivity contribution in [3.05, 3.63) is 29.8 Å². The summed E-state index contributed by atoms with van der Waals surface area (Å²) in [6, 6.07) is 8.23. The first-order valence-electron chi connectivity index (χ1n) is 4.03. The normalized spacial score (nSPS) is 9.69. The van der Waals surface area contributed by atoms with Crippen molar-refractivity contribution in [3.8, 4) is 0 Å². The van der Waals surface area contributed by atoms with Crippen molar-refractivity contribution in [1.82, 2.24) is 0 Å². The van der Waals surface area contributed by atoms with E-state index >= 15 is 0 Å². The Morgan fingerprint density at radius 2 is 2.31 bits per heavy atom. The molecule has 2 nitrogen and oxygen atoms in total. The van der Waals surface area contributed by atoms with Gasteiger partial charge < -0.3 is 4.74 Å². The fourth-order valence-corrected chi connectivity index (χ4v) is 1.77. The Labute approximate surface area is 82.8 Å². The molecule has 0 unspecified atom stereocenters. The fraction of sp³-hybridized carbons (Fsp3) is 0.300. The van der Waals surface area contributed by atoms with E-state index in [0.717, 1.165) is 0 Å². The molecule has 1 rings (SSSR count). The molecule has 0 aromatic heterocycles. The monoisotopic (exact) mass is 195 g/mol. The van der Waals surface area contributed by atoms with E-state index < -0.39 is 0 Å². The second-order valence-corrected chi connectivity index (χ2v) is 3.78. The summed E-state index contributed by atoms with van der Waals surface area (Å²) in [5.74, 6) is 0.909. The lowest BCUT2D eigenvalue weighted by atomic mass is 10.2. The molecule has 0 radical (unpaired) electrons. The van der Waals surface area contributed by atoms with Crippen LogP contribution in [-0.4, -0.2) is 18.8 Å². The van der Waals surface area contributed by atoms with E-state index in [9.17, 15) is 0 Å². The average molecular weight is 195 g/mol. The quantitative estimate of drug-likeness (QED) is 0.457. The Morgan fingerprint density at radius 3 is 2.92 bits per heavy atom. The molecule has 1 aromatic carbocycles. The minimum Gasteiger partial charge on any atom is -0.484 e. The van der Waals surface area contributed by atoms with Gasteiger partial charge >= 0.3 is 0 Å². The van der Waals surface area contributed by atoms with Gasteiger partial charge in [0.15, 0.2) is 5.90 Å². The number of methoxy groups -OCH3 is 1. The molecule has 1 N–H and O–H groups in total. The third-order valence-electron chi connectivity index (χ3n) is 1.61. The molecule has 0 bridgehead atoms. The number of thioether (sulfide) groups is 1. The van der Waals surface area contributed by atoms with Crippen molar-refractivity contribution in [1.29, 1.82) is 5.41 Å². The van der Waals surface area contributed by atoms with Crippen molar-refractivity contribution < 1.29 is 4.74 Å². The highest BCUT2D eigenvalue weighted by Gasteiger charge is 1.97. The van der Waals surface area contributed by atoms with Crippen molar-refractivity contribution in [2.24, 2.45) is 0 Å². The summed E-state index contributed by atoms with van der Waals surface area (Å²) in [6.07, 6.45) is 0. The smallest absolute Gasteiger partial charge is 0.190 e. The van der Waals surface area contributed by atoms with Crippen LogP contribution in [-0.2, 0) is 4.74 Å². The van der Waals surface area contributed by atoms with E-state index in [1.54, 1.807) is 11.8 Å². The van der Waals surface area contributed by atoms with Gasteiger partial charge in [-0.25, -0.2) is 0 Å². The first-order valence-corrected chi connectivity index (χ1v) is 5.02. The molecule has 0 spiro atoms. The first kappa shape index (κ1) is 10.1. The number of hydrogen-bond acceptors (Lipinski definition) is 3. The molecule has 0 amide bonds. The Bertz CT molecular complexity index is 299. The van der Waals surface area contributed by atoms with Crippen LogP contribution in [0.25, 0.3) is 0 Å². The van der Waals surface area contributed by atoms with Crippen LogP contribution in [0.15, 0.2) is 29.2 Å². The molecule has 0 saturated carbocycles. The second-order valence-electron chi connectivity index (χ2n) is 2.73. The van der Waals surface area contributed by atoms with Crippen LogP contribution in [0.4, 0.5) is 0 Å². The lowest BCUT2D eigenvalue weighted by Crippen LogP contribution is -2.01. The summed E-state index contributed by atoms with van der Waals surface area (Å²) < 4.78 is 4.76. The molecular formula is C10H13NOS. The maximum Gasteiger partial charge on any atom is 0.190 e. The Balaban J connectivity index is 2.50. The van der Waals surface area contributed by atoms with Gasteiger partial charge in [-0.15, -0.1) is 11.8 Å². The lowest BCUT2D eigenvalue weighted by Gasteiger charge is -2.02. The predicted molar refractivity (Wildman–Crippen MR) is 56.6 cm³/mol. The van der Waals surface area contributed by atoms with Crippen molar-refractivity contribution >= 4 is 17.7 Å². The van der Waals surface area contributed by atoms with Gasteiger partial charge in [-0.2, -0.15) is 0 Å². The highest BCUT2D eigenvalue weighted by molar-refractivity contribution is 8.00. The number of aryl methyl sites for hydroxylation is 1. The number of nitrogens with one attached hydrogen (secondary N) is 1. The van der Waals surface area contributed by atoms with Gasteiger partial charge in [0, 0.05) is 4.90 Å². The maximum absolute atomic E-state index is 7.30. The van der Waals surface area contributed by atoms with Crippen LogP contribution in [0, 0.1) is 12.3 Å². The second kappa shape index (κ2) is 4.92. The SMILES string of the molecule is COC(=N)CSc1cccc(C)c1. The van der Waals surface area contributed by atoms with Gasteiger partial charge in [0.2, 0.25) is 0 Å². The highest BCUT2D eigenvalue weighted by Crippen LogP contribution is 2.18. The van der Waals surface area contributed by atoms with Gasteiger partial charge in [-0.3, -0.25) is 5.41 Å². The molecule has 0 atom stereocenters. The van der Waals surface area contributed by atoms with Crippen molar-refractivity contribution in [2.45, 2.75) is 11.8 Å². The fourth-order valence-electron chi connectivity index (χ4n) is 0.913. The molecule has 0 fully saturated rings. The van der Waals surface area contributed by atoms with Gasteiger partial charge in [0.1, 0.15) is 0 Å². The average Bonchev–Trinajstić information content (AvgIpc) is 2.14. The van der Waals surface area contributed by atoms with E-state index in [2.05, 4.69) is 19.1 Å². The Hall–Kier alpha value is -0.960. The van der Waals surface area contributed by atoms with E-state index in [1.165, 1.54) is 17.6 Å². The summed E-state index contributed by atoms with van der Waals surface area (Å²) in [7, 11) is 1.53. The molecule has 0 heterocycles.